The number of rotatable bonds is 4. The highest BCUT2D eigenvalue weighted by molar-refractivity contribution is 14.0. The van der Waals surface area contributed by atoms with Gasteiger partial charge in [-0.2, -0.15) is 0 Å². The van der Waals surface area contributed by atoms with Gasteiger partial charge in [0.15, 0.2) is 5.96 Å². The van der Waals surface area contributed by atoms with Crippen molar-refractivity contribution >= 4 is 57.2 Å². The van der Waals surface area contributed by atoms with Gasteiger partial charge in [0, 0.05) is 22.9 Å². The average molecular weight is 495 g/mol. The van der Waals surface area contributed by atoms with E-state index in [4.69, 9.17) is 0 Å². The number of aromatic nitrogens is 1. The van der Waals surface area contributed by atoms with E-state index >= 15 is 0 Å². The van der Waals surface area contributed by atoms with Crippen LogP contribution in [-0.4, -0.2) is 18.0 Å². The van der Waals surface area contributed by atoms with Crippen LogP contribution in [0.15, 0.2) is 33.7 Å². The standard InChI is InChI=1S/C15H19BrN4S.HI/c1-10-11(2)21-14(20-10)9-19-15(17-3)18-8-12-4-6-13(16)7-5-12;/h4-7H,8-9H2,1-3H3,(H2,17,18,19);1H. The van der Waals surface area contributed by atoms with E-state index in [9.17, 15) is 0 Å². The summed E-state index contributed by atoms with van der Waals surface area (Å²) >= 11 is 5.16. The van der Waals surface area contributed by atoms with Crippen LogP contribution in [0, 0.1) is 13.8 Å². The second-order valence-corrected chi connectivity index (χ2v) is 6.86. The summed E-state index contributed by atoms with van der Waals surface area (Å²) in [6.07, 6.45) is 0. The molecule has 0 unspecified atom stereocenters. The first-order chi connectivity index (χ1) is 10.1. The monoisotopic (exact) mass is 494 g/mol. The number of nitrogens with zero attached hydrogens (tertiary/aromatic N) is 2. The predicted octanol–water partition coefficient (Wildman–Crippen LogP) is 4.01. The number of thiazole rings is 1. The molecule has 1 aromatic heterocycles. The lowest BCUT2D eigenvalue weighted by molar-refractivity contribution is 0.803. The molecule has 2 N–H and O–H groups in total. The number of halogens is 2. The number of benzene rings is 1. The lowest BCUT2D eigenvalue weighted by Crippen LogP contribution is -2.36. The highest BCUT2D eigenvalue weighted by Gasteiger charge is 2.04. The molecule has 1 heterocycles. The number of aliphatic imine (C=N–C) groups is 1. The Morgan fingerprint density at radius 2 is 1.82 bits per heavy atom. The smallest absolute Gasteiger partial charge is 0.191 e. The maximum atomic E-state index is 4.51. The summed E-state index contributed by atoms with van der Waals surface area (Å²) in [5, 5.41) is 7.66. The molecule has 0 spiro atoms. The van der Waals surface area contributed by atoms with Crippen molar-refractivity contribution in [3.05, 3.63) is 49.9 Å². The van der Waals surface area contributed by atoms with E-state index in [1.807, 2.05) is 19.1 Å². The minimum atomic E-state index is 0. The first-order valence-electron chi connectivity index (χ1n) is 6.70. The number of aryl methyl sites for hydroxylation is 2. The summed E-state index contributed by atoms with van der Waals surface area (Å²) in [6, 6.07) is 8.23. The summed E-state index contributed by atoms with van der Waals surface area (Å²) in [7, 11) is 1.77. The van der Waals surface area contributed by atoms with E-state index in [1.165, 1.54) is 10.4 Å². The Bertz CT molecular complexity index is 605. The maximum absolute atomic E-state index is 4.51. The third-order valence-electron chi connectivity index (χ3n) is 3.08. The highest BCUT2D eigenvalue weighted by Crippen LogP contribution is 2.15. The SMILES string of the molecule is CN=C(NCc1ccc(Br)cc1)NCc1nc(C)c(C)s1.I. The van der Waals surface area contributed by atoms with E-state index in [0.29, 0.717) is 6.54 Å². The number of nitrogens with one attached hydrogen (secondary N) is 2. The Hall–Kier alpha value is -0.670. The van der Waals surface area contributed by atoms with Crippen LogP contribution in [0.2, 0.25) is 0 Å². The molecule has 0 aliphatic carbocycles. The third kappa shape index (κ3) is 5.85. The van der Waals surface area contributed by atoms with E-state index < -0.39 is 0 Å². The third-order valence-corrected chi connectivity index (χ3v) is 4.68. The van der Waals surface area contributed by atoms with Crippen molar-refractivity contribution in [3.8, 4) is 0 Å². The Kier molecular flexibility index (Phi) is 8.34. The summed E-state index contributed by atoms with van der Waals surface area (Å²) < 4.78 is 1.09. The Labute approximate surface area is 161 Å². The van der Waals surface area contributed by atoms with E-state index in [2.05, 4.69) is 55.6 Å². The largest absolute Gasteiger partial charge is 0.352 e. The first kappa shape index (κ1) is 19.4. The molecule has 4 nitrogen and oxygen atoms in total. The maximum Gasteiger partial charge on any atom is 0.191 e. The minimum absolute atomic E-state index is 0. The minimum Gasteiger partial charge on any atom is -0.352 e. The van der Waals surface area contributed by atoms with Crippen LogP contribution in [0.1, 0.15) is 21.1 Å². The van der Waals surface area contributed by atoms with Crippen LogP contribution < -0.4 is 10.6 Å². The van der Waals surface area contributed by atoms with Crippen molar-refractivity contribution in [2.24, 2.45) is 4.99 Å². The lowest BCUT2D eigenvalue weighted by atomic mass is 10.2. The van der Waals surface area contributed by atoms with Crippen LogP contribution in [0.4, 0.5) is 0 Å². The van der Waals surface area contributed by atoms with Crippen LogP contribution in [-0.2, 0) is 13.1 Å². The van der Waals surface area contributed by atoms with Gasteiger partial charge >= 0.3 is 0 Å². The molecular formula is C15H20BrIN4S. The molecule has 22 heavy (non-hydrogen) atoms. The number of hydrogen-bond donors (Lipinski definition) is 2. The van der Waals surface area contributed by atoms with Gasteiger partial charge in [0.25, 0.3) is 0 Å². The second-order valence-electron chi connectivity index (χ2n) is 4.65. The Morgan fingerprint density at radius 1 is 1.18 bits per heavy atom. The molecule has 0 saturated carbocycles. The molecular weight excluding hydrogens is 475 g/mol. The molecule has 0 radical (unpaired) electrons. The zero-order valence-corrected chi connectivity index (χ0v) is 17.5. The summed E-state index contributed by atoms with van der Waals surface area (Å²) in [6.45, 7) is 5.56. The van der Waals surface area contributed by atoms with Crippen molar-refractivity contribution < 1.29 is 0 Å². The van der Waals surface area contributed by atoms with Crippen molar-refractivity contribution in [2.75, 3.05) is 7.05 Å². The molecule has 120 valence electrons. The normalized spacial score (nSPS) is 11.0. The summed E-state index contributed by atoms with van der Waals surface area (Å²) in [5.74, 6) is 0.781. The highest BCUT2D eigenvalue weighted by atomic mass is 127. The van der Waals surface area contributed by atoms with Gasteiger partial charge < -0.3 is 10.6 Å². The quantitative estimate of drug-likeness (QED) is 0.383. The number of hydrogen-bond acceptors (Lipinski definition) is 3. The molecule has 2 aromatic rings. The van der Waals surface area contributed by atoms with Crippen LogP contribution in [0.25, 0.3) is 0 Å². The molecule has 1 aromatic carbocycles. The van der Waals surface area contributed by atoms with Gasteiger partial charge in [-0.15, -0.1) is 35.3 Å². The van der Waals surface area contributed by atoms with Gasteiger partial charge in [-0.25, -0.2) is 4.98 Å². The fourth-order valence-corrected chi connectivity index (χ4v) is 2.92. The second kappa shape index (κ2) is 9.46. The Morgan fingerprint density at radius 3 is 2.36 bits per heavy atom. The molecule has 0 amide bonds. The van der Waals surface area contributed by atoms with Gasteiger partial charge in [0.2, 0.25) is 0 Å². The lowest BCUT2D eigenvalue weighted by Gasteiger charge is -2.11. The topological polar surface area (TPSA) is 49.3 Å². The molecule has 2 rings (SSSR count). The Balaban J connectivity index is 0.00000242. The first-order valence-corrected chi connectivity index (χ1v) is 8.31. The molecule has 0 fully saturated rings. The molecule has 7 heteroatoms. The molecule has 0 saturated heterocycles. The summed E-state index contributed by atoms with van der Waals surface area (Å²) in [5.41, 5.74) is 2.32. The van der Waals surface area contributed by atoms with Crippen LogP contribution in [0.3, 0.4) is 0 Å². The van der Waals surface area contributed by atoms with Gasteiger partial charge in [-0.05, 0) is 31.5 Å². The predicted molar refractivity (Wildman–Crippen MR) is 108 cm³/mol. The molecule has 0 bridgehead atoms. The van der Waals surface area contributed by atoms with Gasteiger partial charge in [0.05, 0.1) is 12.2 Å². The van der Waals surface area contributed by atoms with E-state index in [0.717, 1.165) is 27.7 Å². The van der Waals surface area contributed by atoms with E-state index in [-0.39, 0.29) is 24.0 Å². The van der Waals surface area contributed by atoms with Crippen LogP contribution in [0.5, 0.6) is 0 Å². The van der Waals surface area contributed by atoms with Crippen molar-refractivity contribution in [1.29, 1.82) is 0 Å². The molecule has 0 aliphatic rings. The zero-order valence-electron chi connectivity index (χ0n) is 12.8. The van der Waals surface area contributed by atoms with Gasteiger partial charge in [0.1, 0.15) is 5.01 Å². The summed E-state index contributed by atoms with van der Waals surface area (Å²) in [4.78, 5) is 10.0. The van der Waals surface area contributed by atoms with Crippen molar-refractivity contribution in [2.45, 2.75) is 26.9 Å². The van der Waals surface area contributed by atoms with Crippen LogP contribution >= 0.6 is 51.2 Å². The van der Waals surface area contributed by atoms with Crippen molar-refractivity contribution in [3.63, 3.8) is 0 Å². The fraction of sp³-hybridized carbons (Fsp3) is 0.333. The molecule has 0 aliphatic heterocycles. The fourth-order valence-electron chi connectivity index (χ4n) is 1.78. The van der Waals surface area contributed by atoms with Gasteiger partial charge in [-0.1, -0.05) is 28.1 Å². The molecule has 0 atom stereocenters. The van der Waals surface area contributed by atoms with Gasteiger partial charge in [-0.3, -0.25) is 4.99 Å². The average Bonchev–Trinajstić information content (AvgIpc) is 2.80. The van der Waals surface area contributed by atoms with Crippen molar-refractivity contribution in [1.82, 2.24) is 15.6 Å². The van der Waals surface area contributed by atoms with E-state index in [1.54, 1.807) is 18.4 Å². The number of guanidine groups is 1. The zero-order chi connectivity index (χ0) is 15.2.